The van der Waals surface area contributed by atoms with Gasteiger partial charge < -0.3 is 16.0 Å². The minimum atomic E-state index is -2.57. The number of thioether (sulfide) groups is 2. The first kappa shape index (κ1) is 22.0. The van der Waals surface area contributed by atoms with Crippen LogP contribution in [0.2, 0.25) is 0 Å². The van der Waals surface area contributed by atoms with Crippen LogP contribution >= 0.6 is 23.5 Å². The van der Waals surface area contributed by atoms with Gasteiger partial charge in [0, 0.05) is 18.0 Å². The van der Waals surface area contributed by atoms with Gasteiger partial charge in [-0.05, 0) is 26.0 Å². The highest BCUT2D eigenvalue weighted by atomic mass is 32.2. The molecule has 9 nitrogen and oxygen atoms in total. The van der Waals surface area contributed by atoms with Gasteiger partial charge >= 0.3 is 0 Å². The second kappa shape index (κ2) is 10.4. The van der Waals surface area contributed by atoms with Crippen LogP contribution in [0.25, 0.3) is 5.78 Å². The maximum absolute atomic E-state index is 12.7. The van der Waals surface area contributed by atoms with E-state index in [4.69, 9.17) is 0 Å². The number of hydrogen-bond acceptors (Lipinski definition) is 9. The van der Waals surface area contributed by atoms with Gasteiger partial charge in [0.2, 0.25) is 17.8 Å². The van der Waals surface area contributed by atoms with Crippen molar-refractivity contribution in [3.63, 3.8) is 0 Å². The molecule has 0 spiro atoms. The maximum atomic E-state index is 12.7. The highest BCUT2D eigenvalue weighted by Crippen LogP contribution is 2.31. The third kappa shape index (κ3) is 5.48. The lowest BCUT2D eigenvalue weighted by Crippen LogP contribution is -2.15. The van der Waals surface area contributed by atoms with Crippen LogP contribution in [0.3, 0.4) is 0 Å². The first-order valence-corrected chi connectivity index (χ1v) is 11.0. The molecule has 3 aromatic rings. The highest BCUT2D eigenvalue weighted by Gasteiger charge is 2.17. The third-order valence-corrected chi connectivity index (χ3v) is 5.34. The fourth-order valence-corrected chi connectivity index (χ4v) is 3.81. The molecule has 0 bridgehead atoms. The quantitative estimate of drug-likeness (QED) is 0.397. The number of halogens is 2. The molecule has 13 heteroatoms. The molecule has 30 heavy (non-hydrogen) atoms. The monoisotopic (exact) mass is 454 g/mol. The van der Waals surface area contributed by atoms with E-state index < -0.39 is 5.76 Å². The SMILES string of the molecule is CCNc1nc(NCC)n2c(SCC(=O)Nc3ccccc3SC(F)F)nnc2n1. The number of rotatable bonds is 10. The van der Waals surface area contributed by atoms with E-state index in [1.807, 2.05) is 13.8 Å². The lowest BCUT2D eigenvalue weighted by atomic mass is 10.3. The van der Waals surface area contributed by atoms with Gasteiger partial charge in [0.15, 0.2) is 5.16 Å². The van der Waals surface area contributed by atoms with Gasteiger partial charge in [-0.25, -0.2) is 4.40 Å². The molecule has 0 aliphatic rings. The fraction of sp³-hybridized carbons (Fsp3) is 0.353. The first-order valence-electron chi connectivity index (χ1n) is 9.09. The Labute approximate surface area is 179 Å². The predicted octanol–water partition coefficient (Wildman–Crippen LogP) is 3.43. The van der Waals surface area contributed by atoms with E-state index >= 15 is 0 Å². The van der Waals surface area contributed by atoms with Crippen molar-refractivity contribution in [2.45, 2.75) is 29.7 Å². The number of alkyl halides is 2. The average Bonchev–Trinajstić information content (AvgIpc) is 3.11. The molecule has 0 fully saturated rings. The van der Waals surface area contributed by atoms with Crippen LogP contribution in [-0.2, 0) is 4.79 Å². The van der Waals surface area contributed by atoms with Crippen LogP contribution in [0.5, 0.6) is 0 Å². The van der Waals surface area contributed by atoms with Gasteiger partial charge in [-0.1, -0.05) is 35.7 Å². The number of carbonyl (C=O) groups excluding carboxylic acids is 1. The molecule has 1 amide bonds. The van der Waals surface area contributed by atoms with E-state index in [0.29, 0.717) is 58.3 Å². The number of fused-ring (bicyclic) bond motifs is 1. The van der Waals surface area contributed by atoms with E-state index in [9.17, 15) is 13.6 Å². The van der Waals surface area contributed by atoms with Gasteiger partial charge in [-0.15, -0.1) is 10.2 Å². The number of benzene rings is 1. The van der Waals surface area contributed by atoms with Crippen molar-refractivity contribution in [2.75, 3.05) is 34.8 Å². The average molecular weight is 455 g/mol. The van der Waals surface area contributed by atoms with Crippen LogP contribution in [-0.4, -0.2) is 55.1 Å². The molecule has 3 N–H and O–H groups in total. The van der Waals surface area contributed by atoms with Crippen LogP contribution in [0, 0.1) is 0 Å². The van der Waals surface area contributed by atoms with E-state index in [-0.39, 0.29) is 11.7 Å². The molecule has 2 aromatic heterocycles. The number of amides is 1. The Morgan fingerprint density at radius 1 is 1.13 bits per heavy atom. The summed E-state index contributed by atoms with van der Waals surface area (Å²) in [7, 11) is 0. The summed E-state index contributed by atoms with van der Waals surface area (Å²) < 4.78 is 27.0. The van der Waals surface area contributed by atoms with E-state index in [1.165, 1.54) is 6.07 Å². The standard InChI is InChI=1S/C17H20F2N8OS2/c1-3-20-14-23-15(21-4-2)27-16(24-14)25-26-17(27)29-9-12(28)22-10-7-5-6-8-11(10)30-13(18)19/h5-8,13H,3-4,9H2,1-2H3,(H,22,28)(H2,20,21,23,24,25). The summed E-state index contributed by atoms with van der Waals surface area (Å²) in [4.78, 5) is 21.4. The van der Waals surface area contributed by atoms with E-state index in [1.54, 1.807) is 22.6 Å². The zero-order valence-corrected chi connectivity index (χ0v) is 17.9. The topological polar surface area (TPSA) is 109 Å². The van der Waals surface area contributed by atoms with Gasteiger partial charge in [0.25, 0.3) is 11.5 Å². The summed E-state index contributed by atoms with van der Waals surface area (Å²) in [6.45, 7) is 5.14. The number of nitrogens with zero attached hydrogens (tertiary/aromatic N) is 5. The van der Waals surface area contributed by atoms with Gasteiger partial charge in [0.1, 0.15) is 0 Å². The molecule has 160 valence electrons. The minimum absolute atomic E-state index is 0.00893. The van der Waals surface area contributed by atoms with Crippen LogP contribution in [0.1, 0.15) is 13.8 Å². The Balaban J connectivity index is 1.74. The van der Waals surface area contributed by atoms with Crippen molar-refractivity contribution in [2.24, 2.45) is 0 Å². The van der Waals surface area contributed by atoms with Crippen molar-refractivity contribution in [1.82, 2.24) is 24.6 Å². The summed E-state index contributed by atoms with van der Waals surface area (Å²) >= 11 is 1.53. The molecule has 0 aliphatic carbocycles. The number of para-hydroxylation sites is 1. The normalized spacial score (nSPS) is 11.1. The maximum Gasteiger partial charge on any atom is 0.288 e. The Morgan fingerprint density at radius 3 is 2.63 bits per heavy atom. The molecule has 0 saturated carbocycles. The number of aromatic nitrogens is 5. The molecule has 1 aromatic carbocycles. The van der Waals surface area contributed by atoms with Gasteiger partial charge in [-0.2, -0.15) is 18.7 Å². The van der Waals surface area contributed by atoms with E-state index in [0.717, 1.165) is 11.8 Å². The molecular weight excluding hydrogens is 434 g/mol. The highest BCUT2D eigenvalue weighted by molar-refractivity contribution is 8.00. The van der Waals surface area contributed by atoms with Crippen molar-refractivity contribution in [3.05, 3.63) is 24.3 Å². The fourth-order valence-electron chi connectivity index (χ4n) is 2.48. The predicted molar refractivity (Wildman–Crippen MR) is 115 cm³/mol. The molecular formula is C17H20F2N8OS2. The Kier molecular flexibility index (Phi) is 7.63. The Morgan fingerprint density at radius 2 is 1.90 bits per heavy atom. The summed E-state index contributed by atoms with van der Waals surface area (Å²) in [6.07, 6.45) is 0. The van der Waals surface area contributed by atoms with Crippen molar-refractivity contribution < 1.29 is 13.6 Å². The minimum Gasteiger partial charge on any atom is -0.355 e. The molecule has 0 saturated heterocycles. The van der Waals surface area contributed by atoms with Gasteiger partial charge in [0.05, 0.1) is 11.4 Å². The number of carbonyl (C=O) groups is 1. The van der Waals surface area contributed by atoms with E-state index in [2.05, 4.69) is 36.1 Å². The van der Waals surface area contributed by atoms with Crippen LogP contribution < -0.4 is 16.0 Å². The summed E-state index contributed by atoms with van der Waals surface area (Å²) in [5.74, 6) is -1.64. The number of hydrogen-bond donors (Lipinski definition) is 3. The van der Waals surface area contributed by atoms with Crippen molar-refractivity contribution in [1.29, 1.82) is 0 Å². The second-order valence-electron chi connectivity index (χ2n) is 5.76. The molecule has 3 rings (SSSR count). The molecule has 0 radical (unpaired) electrons. The Hall–Kier alpha value is -2.67. The first-order chi connectivity index (χ1) is 14.5. The van der Waals surface area contributed by atoms with Crippen molar-refractivity contribution in [3.8, 4) is 0 Å². The molecule has 2 heterocycles. The molecule has 0 aliphatic heterocycles. The largest absolute Gasteiger partial charge is 0.355 e. The number of anilines is 3. The molecule has 0 unspecified atom stereocenters. The lowest BCUT2D eigenvalue weighted by molar-refractivity contribution is -0.113. The Bertz CT molecular complexity index is 1020. The number of nitrogens with one attached hydrogen (secondary N) is 3. The smallest absolute Gasteiger partial charge is 0.288 e. The third-order valence-electron chi connectivity index (χ3n) is 3.63. The molecule has 0 atom stereocenters. The summed E-state index contributed by atoms with van der Waals surface area (Å²) in [6, 6.07) is 6.43. The lowest BCUT2D eigenvalue weighted by Gasteiger charge is -2.11. The zero-order chi connectivity index (χ0) is 21.5. The zero-order valence-electron chi connectivity index (χ0n) is 16.2. The summed E-state index contributed by atoms with van der Waals surface area (Å²) in [5, 5.41) is 17.4. The van der Waals surface area contributed by atoms with Crippen molar-refractivity contribution >= 4 is 52.8 Å². The second-order valence-corrected chi connectivity index (χ2v) is 7.74. The van der Waals surface area contributed by atoms with Gasteiger partial charge in [-0.3, -0.25) is 4.79 Å². The summed E-state index contributed by atoms with van der Waals surface area (Å²) in [5.41, 5.74) is 0.339. The van der Waals surface area contributed by atoms with Crippen LogP contribution in [0.15, 0.2) is 34.3 Å². The van der Waals surface area contributed by atoms with Crippen LogP contribution in [0.4, 0.5) is 26.4 Å².